The van der Waals surface area contributed by atoms with Crippen LogP contribution in [0.5, 0.6) is 11.5 Å². The maximum atomic E-state index is 10.3. The molecule has 0 bridgehead atoms. The SMILES string of the molecule is CCc1c(O)c(O)c(CC)c(-c2ccccc2)c1CC. The van der Waals surface area contributed by atoms with Gasteiger partial charge in [0.2, 0.25) is 0 Å². The summed E-state index contributed by atoms with van der Waals surface area (Å²) in [5.74, 6) is 0.0984. The highest BCUT2D eigenvalue weighted by atomic mass is 16.3. The molecular formula is C18H22O2. The summed E-state index contributed by atoms with van der Waals surface area (Å²) in [6.45, 7) is 6.11. The van der Waals surface area contributed by atoms with Gasteiger partial charge in [-0.15, -0.1) is 0 Å². The molecule has 2 aromatic carbocycles. The van der Waals surface area contributed by atoms with E-state index in [4.69, 9.17) is 0 Å². The summed E-state index contributed by atoms with van der Waals surface area (Å²) in [4.78, 5) is 0. The molecule has 0 amide bonds. The van der Waals surface area contributed by atoms with Gasteiger partial charge in [-0.25, -0.2) is 0 Å². The van der Waals surface area contributed by atoms with Gasteiger partial charge in [-0.3, -0.25) is 0 Å². The van der Waals surface area contributed by atoms with Crippen molar-refractivity contribution < 1.29 is 10.2 Å². The van der Waals surface area contributed by atoms with E-state index < -0.39 is 0 Å². The smallest absolute Gasteiger partial charge is 0.161 e. The minimum Gasteiger partial charge on any atom is -0.504 e. The molecule has 2 N–H and O–H groups in total. The van der Waals surface area contributed by atoms with Crippen LogP contribution in [0.3, 0.4) is 0 Å². The van der Waals surface area contributed by atoms with Crippen molar-refractivity contribution >= 4 is 0 Å². The Morgan fingerprint density at radius 1 is 0.700 bits per heavy atom. The van der Waals surface area contributed by atoms with Crippen LogP contribution >= 0.6 is 0 Å². The number of rotatable bonds is 4. The van der Waals surface area contributed by atoms with Crippen LogP contribution < -0.4 is 0 Å². The number of phenolic OH excluding ortho intramolecular Hbond substituents is 2. The van der Waals surface area contributed by atoms with E-state index in [0.29, 0.717) is 12.8 Å². The van der Waals surface area contributed by atoms with Crippen LogP contribution in [0.15, 0.2) is 30.3 Å². The Bertz CT molecular complexity index is 601. The van der Waals surface area contributed by atoms with E-state index in [0.717, 1.165) is 34.2 Å². The molecule has 106 valence electrons. The molecule has 0 radical (unpaired) electrons. The second-order valence-corrected chi connectivity index (χ2v) is 4.93. The normalized spacial score (nSPS) is 10.8. The Kier molecular flexibility index (Phi) is 4.33. The van der Waals surface area contributed by atoms with E-state index in [1.54, 1.807) is 0 Å². The van der Waals surface area contributed by atoms with E-state index in [9.17, 15) is 10.2 Å². The van der Waals surface area contributed by atoms with Crippen LogP contribution in [0.4, 0.5) is 0 Å². The molecule has 0 fully saturated rings. The van der Waals surface area contributed by atoms with E-state index in [1.807, 2.05) is 32.0 Å². The predicted octanol–water partition coefficient (Wildman–Crippen LogP) is 4.45. The third-order valence-corrected chi connectivity index (χ3v) is 3.89. The Balaban J connectivity index is 2.86. The second-order valence-electron chi connectivity index (χ2n) is 4.93. The van der Waals surface area contributed by atoms with Gasteiger partial charge in [0.25, 0.3) is 0 Å². The van der Waals surface area contributed by atoms with E-state index in [2.05, 4.69) is 19.1 Å². The monoisotopic (exact) mass is 270 g/mol. The lowest BCUT2D eigenvalue weighted by molar-refractivity contribution is 0.395. The lowest BCUT2D eigenvalue weighted by atomic mass is 9.86. The van der Waals surface area contributed by atoms with Crippen molar-refractivity contribution in [3.63, 3.8) is 0 Å². The molecule has 20 heavy (non-hydrogen) atoms. The zero-order valence-electron chi connectivity index (χ0n) is 12.4. The highest BCUT2D eigenvalue weighted by Gasteiger charge is 2.21. The zero-order valence-corrected chi connectivity index (χ0v) is 12.4. The molecule has 2 rings (SSSR count). The average molecular weight is 270 g/mol. The molecule has 0 aromatic heterocycles. The predicted molar refractivity (Wildman–Crippen MR) is 83.3 cm³/mol. The summed E-state index contributed by atoms with van der Waals surface area (Å²) in [6.07, 6.45) is 2.25. The third-order valence-electron chi connectivity index (χ3n) is 3.89. The van der Waals surface area contributed by atoms with Gasteiger partial charge in [-0.1, -0.05) is 51.1 Å². The fourth-order valence-electron chi connectivity index (χ4n) is 2.95. The van der Waals surface area contributed by atoms with Crippen molar-refractivity contribution in [2.24, 2.45) is 0 Å². The van der Waals surface area contributed by atoms with Crippen LogP contribution in [0.25, 0.3) is 11.1 Å². The molecule has 0 unspecified atom stereocenters. The van der Waals surface area contributed by atoms with Gasteiger partial charge in [0.05, 0.1) is 0 Å². The highest BCUT2D eigenvalue weighted by molar-refractivity contribution is 5.78. The minimum absolute atomic E-state index is 0.0420. The van der Waals surface area contributed by atoms with Crippen LogP contribution in [0.1, 0.15) is 37.5 Å². The first-order chi connectivity index (χ1) is 9.65. The van der Waals surface area contributed by atoms with Crippen LogP contribution in [0.2, 0.25) is 0 Å². The van der Waals surface area contributed by atoms with Crippen molar-refractivity contribution in [2.75, 3.05) is 0 Å². The van der Waals surface area contributed by atoms with E-state index in [1.165, 1.54) is 0 Å². The molecule has 0 saturated heterocycles. The molecule has 2 heteroatoms. The van der Waals surface area contributed by atoms with Gasteiger partial charge in [-0.05, 0) is 36.0 Å². The van der Waals surface area contributed by atoms with Gasteiger partial charge in [0.1, 0.15) is 0 Å². The number of hydrogen-bond donors (Lipinski definition) is 2. The summed E-state index contributed by atoms with van der Waals surface area (Å²) in [5, 5.41) is 20.6. The molecule has 0 heterocycles. The molecule has 0 atom stereocenters. The first kappa shape index (κ1) is 14.4. The maximum Gasteiger partial charge on any atom is 0.161 e. The zero-order chi connectivity index (χ0) is 14.7. The molecular weight excluding hydrogens is 248 g/mol. The fraction of sp³-hybridized carbons (Fsp3) is 0.333. The first-order valence-corrected chi connectivity index (χ1v) is 7.29. The van der Waals surface area contributed by atoms with Gasteiger partial charge in [0, 0.05) is 11.1 Å². The highest BCUT2D eigenvalue weighted by Crippen LogP contribution is 2.43. The summed E-state index contributed by atoms with van der Waals surface area (Å²) in [6, 6.07) is 10.1. The average Bonchev–Trinajstić information content (AvgIpc) is 2.50. The van der Waals surface area contributed by atoms with Gasteiger partial charge in [0.15, 0.2) is 11.5 Å². The lowest BCUT2D eigenvalue weighted by Gasteiger charge is -2.20. The van der Waals surface area contributed by atoms with Crippen LogP contribution in [0, 0.1) is 0 Å². The fourth-order valence-corrected chi connectivity index (χ4v) is 2.95. The Morgan fingerprint density at radius 3 is 1.70 bits per heavy atom. The third kappa shape index (κ3) is 2.26. The standard InChI is InChI=1S/C18H22O2/c1-4-13-14(5-2)17(19)18(20)15(6-3)16(13)12-10-8-7-9-11-12/h7-11,19-20H,4-6H2,1-3H3. The van der Waals surface area contributed by atoms with Gasteiger partial charge in [-0.2, -0.15) is 0 Å². The first-order valence-electron chi connectivity index (χ1n) is 7.29. The molecule has 2 aromatic rings. The molecule has 0 saturated carbocycles. The Labute approximate surface area is 120 Å². The van der Waals surface area contributed by atoms with E-state index in [-0.39, 0.29) is 11.5 Å². The van der Waals surface area contributed by atoms with Crippen molar-refractivity contribution in [3.8, 4) is 22.6 Å². The largest absolute Gasteiger partial charge is 0.504 e. The molecule has 0 aliphatic rings. The minimum atomic E-state index is 0.0420. The van der Waals surface area contributed by atoms with Crippen molar-refractivity contribution in [2.45, 2.75) is 40.0 Å². The second kappa shape index (κ2) is 6.00. The molecule has 0 aliphatic carbocycles. The number of aromatic hydroxyl groups is 2. The number of benzene rings is 2. The Morgan fingerprint density at radius 2 is 1.20 bits per heavy atom. The Hall–Kier alpha value is -1.96. The molecule has 0 aliphatic heterocycles. The van der Waals surface area contributed by atoms with Gasteiger partial charge < -0.3 is 10.2 Å². The lowest BCUT2D eigenvalue weighted by Crippen LogP contribution is -2.01. The molecule has 2 nitrogen and oxygen atoms in total. The maximum absolute atomic E-state index is 10.3. The number of phenols is 2. The van der Waals surface area contributed by atoms with Crippen LogP contribution in [-0.2, 0) is 19.3 Å². The summed E-state index contributed by atoms with van der Waals surface area (Å²) < 4.78 is 0. The summed E-state index contributed by atoms with van der Waals surface area (Å²) in [5.41, 5.74) is 5.03. The van der Waals surface area contributed by atoms with Crippen LogP contribution in [-0.4, -0.2) is 10.2 Å². The van der Waals surface area contributed by atoms with Crippen molar-refractivity contribution in [1.29, 1.82) is 0 Å². The number of hydrogen-bond acceptors (Lipinski definition) is 2. The summed E-state index contributed by atoms with van der Waals surface area (Å²) in [7, 11) is 0. The van der Waals surface area contributed by atoms with Crippen molar-refractivity contribution in [1.82, 2.24) is 0 Å². The van der Waals surface area contributed by atoms with E-state index >= 15 is 0 Å². The topological polar surface area (TPSA) is 40.5 Å². The molecule has 0 spiro atoms. The van der Waals surface area contributed by atoms with Crippen molar-refractivity contribution in [3.05, 3.63) is 47.0 Å². The summed E-state index contributed by atoms with van der Waals surface area (Å²) >= 11 is 0. The van der Waals surface area contributed by atoms with Gasteiger partial charge >= 0.3 is 0 Å². The quantitative estimate of drug-likeness (QED) is 0.806.